The third-order valence-electron chi connectivity index (χ3n) is 18.9. The van der Waals surface area contributed by atoms with E-state index in [4.69, 9.17) is 28.4 Å². The van der Waals surface area contributed by atoms with Crippen LogP contribution in [-0.4, -0.2) is 174 Å². The van der Waals surface area contributed by atoms with E-state index in [1.54, 1.807) is 0 Å². The van der Waals surface area contributed by atoms with Gasteiger partial charge in [0, 0.05) is 16.7 Å². The Morgan fingerprint density at radius 1 is 0.723 bits per heavy atom. The van der Waals surface area contributed by atoms with E-state index in [0.29, 0.717) is 25.7 Å². The molecule has 0 bridgehead atoms. The van der Waals surface area contributed by atoms with Gasteiger partial charge in [-0.3, -0.25) is 4.79 Å². The number of ketones is 1. The van der Waals surface area contributed by atoms with E-state index in [0.717, 1.165) is 24.8 Å². The van der Waals surface area contributed by atoms with Crippen LogP contribution in [0, 0.1) is 50.2 Å². The van der Waals surface area contributed by atoms with Crippen molar-refractivity contribution in [1.29, 1.82) is 0 Å². The Morgan fingerprint density at radius 2 is 1.38 bits per heavy atom. The topological polar surface area (TPSA) is 292 Å². The molecular weight excluding hydrogens is 852 g/mol. The number of aliphatic hydroxyl groups excluding tert-OH is 9. The zero-order chi connectivity index (χ0) is 47.7. The minimum absolute atomic E-state index is 0.0558. The molecule has 0 spiro atoms. The average Bonchev–Trinajstić information content (AvgIpc) is 3.23. The van der Waals surface area contributed by atoms with Gasteiger partial charge in [-0.05, 0) is 97.9 Å². The lowest BCUT2D eigenvalue weighted by molar-refractivity contribution is -0.387. The number of aliphatic carboxylic acids is 1. The van der Waals surface area contributed by atoms with Crippen LogP contribution >= 0.6 is 0 Å². The number of hydrogen-bond donors (Lipinski definition) is 10. The highest BCUT2D eigenvalue weighted by molar-refractivity contribution is 5.95. The van der Waals surface area contributed by atoms with Crippen molar-refractivity contribution in [1.82, 2.24) is 0 Å². The summed E-state index contributed by atoms with van der Waals surface area (Å²) >= 11 is 0. The summed E-state index contributed by atoms with van der Waals surface area (Å²) in [5.41, 5.74) is -1.71. The summed E-state index contributed by atoms with van der Waals surface area (Å²) in [6.45, 7) is 15.7. The summed E-state index contributed by atoms with van der Waals surface area (Å²) in [5.74, 6) is -2.18. The van der Waals surface area contributed by atoms with Gasteiger partial charge in [-0.2, -0.15) is 0 Å². The Labute approximate surface area is 380 Å². The third-order valence-corrected chi connectivity index (χ3v) is 18.9. The van der Waals surface area contributed by atoms with E-state index < -0.39 is 133 Å². The van der Waals surface area contributed by atoms with Crippen LogP contribution in [-0.2, 0) is 38.0 Å². The van der Waals surface area contributed by atoms with Gasteiger partial charge >= 0.3 is 5.97 Å². The largest absolute Gasteiger partial charge is 0.479 e. The standard InChI is InChI=1S/C47H74O18/c1-20-28(52)30(54)33(57)39(61-20)64-35-29(53)24(50)18-60-40(35)65-36-32(56)31(55)34(38(58)59)63-41(36)62-27-10-11-44(5)25(45(27,6)19-48)9-12-47(8)37(44)23(49)15-21-22-16-42(2,3)17-26(51)43(22,4)13-14-46(21,47)7/h15,20,22,24-37,39-41,48,50-57H,9-14,16-19H2,1-8H3,(H,58,59). The van der Waals surface area contributed by atoms with Gasteiger partial charge in [0.1, 0.15) is 54.9 Å². The molecule has 370 valence electrons. The average molecular weight is 927 g/mol. The van der Waals surface area contributed by atoms with Crippen LogP contribution in [0.15, 0.2) is 11.6 Å². The number of carboxylic acid groups (broad SMARTS) is 1. The van der Waals surface area contributed by atoms with Crippen LogP contribution in [0.2, 0.25) is 0 Å². The molecule has 3 aliphatic heterocycles. The first-order chi connectivity index (χ1) is 30.2. The monoisotopic (exact) mass is 926 g/mol. The second-order valence-electron chi connectivity index (χ2n) is 23.1. The number of carbonyl (C=O) groups excluding carboxylic acids is 1. The Morgan fingerprint density at radius 3 is 2.05 bits per heavy atom. The normalized spacial score (nSPS) is 55.5. The fourth-order valence-electron chi connectivity index (χ4n) is 14.7. The molecule has 0 radical (unpaired) electrons. The van der Waals surface area contributed by atoms with E-state index in [1.807, 2.05) is 13.0 Å². The van der Waals surface area contributed by atoms with Crippen molar-refractivity contribution in [3.8, 4) is 0 Å². The van der Waals surface area contributed by atoms with Gasteiger partial charge in [-0.25, -0.2) is 4.79 Å². The molecule has 7 fully saturated rings. The molecule has 3 saturated heterocycles. The van der Waals surface area contributed by atoms with Gasteiger partial charge in [0.25, 0.3) is 0 Å². The number of carboxylic acids is 1. The van der Waals surface area contributed by atoms with Gasteiger partial charge < -0.3 is 79.5 Å². The molecular formula is C47H74O18. The Balaban J connectivity index is 1.08. The lowest BCUT2D eigenvalue weighted by atomic mass is 9.33. The van der Waals surface area contributed by atoms with Crippen molar-refractivity contribution < 1.29 is 89.1 Å². The smallest absolute Gasteiger partial charge is 0.335 e. The van der Waals surface area contributed by atoms with Gasteiger partial charge in [0.05, 0.1) is 31.5 Å². The first-order valence-corrected chi connectivity index (χ1v) is 23.6. The molecule has 0 amide bonds. The fourth-order valence-corrected chi connectivity index (χ4v) is 14.7. The molecule has 0 aromatic rings. The quantitative estimate of drug-likeness (QED) is 0.149. The van der Waals surface area contributed by atoms with E-state index in [-0.39, 0.29) is 46.9 Å². The van der Waals surface area contributed by atoms with Crippen LogP contribution in [0.4, 0.5) is 0 Å². The number of fused-ring (bicyclic) bond motifs is 7. The van der Waals surface area contributed by atoms with Crippen molar-refractivity contribution in [2.24, 2.45) is 50.2 Å². The maximum atomic E-state index is 15.0. The van der Waals surface area contributed by atoms with Crippen molar-refractivity contribution in [2.75, 3.05) is 13.2 Å². The van der Waals surface area contributed by atoms with Crippen molar-refractivity contribution in [3.05, 3.63) is 11.6 Å². The SMILES string of the molecule is CC1OC(OC2C(OC3C(OC4CCC5(C)C(CCC6(C)C5C(=O)C=C5C7CC(C)(C)CC(O)C7(C)CCC56C)C4(C)CO)OC(C(=O)O)C(O)C3O)OCC(O)C2O)C(O)C(O)C1O. The van der Waals surface area contributed by atoms with Crippen LogP contribution in [0.25, 0.3) is 0 Å². The molecule has 24 unspecified atom stereocenters. The minimum Gasteiger partial charge on any atom is -0.479 e. The van der Waals surface area contributed by atoms with Gasteiger partial charge in [0.2, 0.25) is 0 Å². The molecule has 3 heterocycles. The van der Waals surface area contributed by atoms with Crippen molar-refractivity contribution >= 4 is 11.8 Å². The Hall–Kier alpha value is -1.72. The number of rotatable bonds is 8. The predicted octanol–water partition coefficient (Wildman–Crippen LogP) is 0.523. The third kappa shape index (κ3) is 7.62. The van der Waals surface area contributed by atoms with Crippen LogP contribution in [0.3, 0.4) is 0 Å². The van der Waals surface area contributed by atoms with Crippen LogP contribution in [0.5, 0.6) is 0 Å². The lowest BCUT2D eigenvalue weighted by Crippen LogP contribution is -2.69. The Kier molecular flexibility index (Phi) is 13.0. The molecule has 4 saturated carbocycles. The second kappa shape index (κ2) is 17.0. The second-order valence-corrected chi connectivity index (χ2v) is 23.1. The molecule has 65 heavy (non-hydrogen) atoms. The summed E-state index contributed by atoms with van der Waals surface area (Å²) in [6, 6.07) is 0. The highest BCUT2D eigenvalue weighted by Gasteiger charge is 2.71. The maximum absolute atomic E-state index is 15.0. The van der Waals surface area contributed by atoms with Gasteiger partial charge in [0.15, 0.2) is 30.8 Å². The number of allylic oxidation sites excluding steroid dienone is 2. The highest BCUT2D eigenvalue weighted by Crippen LogP contribution is 2.75. The summed E-state index contributed by atoms with van der Waals surface area (Å²) in [6.07, 6.45) is -18.0. The van der Waals surface area contributed by atoms with Gasteiger partial charge in [-0.15, -0.1) is 0 Å². The summed E-state index contributed by atoms with van der Waals surface area (Å²) in [5, 5.41) is 109. The molecule has 24 atom stereocenters. The van der Waals surface area contributed by atoms with Crippen LogP contribution < -0.4 is 0 Å². The Bertz CT molecular complexity index is 1850. The molecule has 10 N–H and O–H groups in total. The number of carbonyl (C=O) groups is 2. The first kappa shape index (κ1) is 49.7. The number of ether oxygens (including phenoxy) is 6. The van der Waals surface area contributed by atoms with E-state index >= 15 is 0 Å². The predicted molar refractivity (Wildman–Crippen MR) is 225 cm³/mol. The van der Waals surface area contributed by atoms with Crippen LogP contribution in [0.1, 0.15) is 107 Å². The summed E-state index contributed by atoms with van der Waals surface area (Å²) in [7, 11) is 0. The molecule has 18 heteroatoms. The van der Waals surface area contributed by atoms with Crippen molar-refractivity contribution in [3.63, 3.8) is 0 Å². The van der Waals surface area contributed by atoms with Crippen molar-refractivity contribution in [2.45, 2.75) is 205 Å². The zero-order valence-electron chi connectivity index (χ0n) is 38.9. The first-order valence-electron chi connectivity index (χ1n) is 23.6. The molecule has 0 aromatic heterocycles. The molecule has 5 aliphatic carbocycles. The number of aliphatic hydroxyl groups is 9. The van der Waals surface area contributed by atoms with E-state index in [2.05, 4.69) is 41.5 Å². The number of hydrogen-bond acceptors (Lipinski definition) is 17. The lowest BCUT2D eigenvalue weighted by Gasteiger charge is -2.71. The molecule has 8 aliphatic rings. The fraction of sp³-hybridized carbons (Fsp3) is 0.915. The summed E-state index contributed by atoms with van der Waals surface area (Å²) in [4.78, 5) is 27.4. The molecule has 8 rings (SSSR count). The zero-order valence-corrected chi connectivity index (χ0v) is 38.9. The van der Waals surface area contributed by atoms with Gasteiger partial charge in [-0.1, -0.05) is 54.0 Å². The molecule has 0 aromatic carbocycles. The highest BCUT2D eigenvalue weighted by atomic mass is 16.8. The molecule has 18 nitrogen and oxygen atoms in total. The maximum Gasteiger partial charge on any atom is 0.335 e. The van der Waals surface area contributed by atoms with E-state index in [9.17, 15) is 60.7 Å². The minimum atomic E-state index is -2.05. The van der Waals surface area contributed by atoms with E-state index in [1.165, 1.54) is 6.92 Å². The summed E-state index contributed by atoms with van der Waals surface area (Å²) < 4.78 is 35.9.